The molecule has 0 aromatic heterocycles. The summed E-state index contributed by atoms with van der Waals surface area (Å²) < 4.78 is 0. The third kappa shape index (κ3) is 3.10. The van der Waals surface area contributed by atoms with Gasteiger partial charge in [0.25, 0.3) is 0 Å². The molecule has 2 N–H and O–H groups in total. The Labute approximate surface area is 110 Å². The van der Waals surface area contributed by atoms with Crippen LogP contribution in [0, 0.1) is 5.92 Å². The number of imide groups is 1. The molecule has 2 rings (SSSR count). The van der Waals surface area contributed by atoms with Gasteiger partial charge in [-0.05, 0) is 12.8 Å². The van der Waals surface area contributed by atoms with Crippen LogP contribution in [-0.2, 0) is 19.2 Å². The number of carbonyl (C=O) groups excluding carboxylic acids is 4. The van der Waals surface area contributed by atoms with E-state index in [0.717, 1.165) is 11.3 Å². The van der Waals surface area contributed by atoms with Crippen LogP contribution < -0.4 is 10.6 Å². The number of nitrogens with one attached hydrogen (secondary N) is 2. The number of amides is 4. The van der Waals surface area contributed by atoms with E-state index < -0.39 is 5.92 Å². The minimum absolute atomic E-state index is 0.178. The lowest BCUT2D eigenvalue weighted by molar-refractivity contribution is -0.140. The predicted molar refractivity (Wildman–Crippen MR) is 64.7 cm³/mol. The van der Waals surface area contributed by atoms with Crippen LogP contribution in [-0.4, -0.2) is 48.2 Å². The second-order valence-corrected chi connectivity index (χ2v) is 4.72. The van der Waals surface area contributed by atoms with Crippen LogP contribution in [0.4, 0.5) is 0 Å². The minimum atomic E-state index is -0.654. The van der Waals surface area contributed by atoms with Crippen LogP contribution in [0.2, 0.25) is 0 Å². The van der Waals surface area contributed by atoms with Gasteiger partial charge >= 0.3 is 0 Å². The number of hydrogen-bond donors (Lipinski definition) is 2. The fourth-order valence-corrected chi connectivity index (χ4v) is 2.31. The lowest BCUT2D eigenvalue weighted by Gasteiger charge is -2.21. The molecule has 2 fully saturated rings. The quantitative estimate of drug-likeness (QED) is 0.493. The molecule has 2 saturated heterocycles. The molecule has 7 heteroatoms. The third-order valence-electron chi connectivity index (χ3n) is 3.39. The molecule has 104 valence electrons. The molecule has 2 aliphatic heterocycles. The van der Waals surface area contributed by atoms with Crippen LogP contribution in [0.3, 0.4) is 0 Å². The van der Waals surface area contributed by atoms with Gasteiger partial charge in [-0.15, -0.1) is 0 Å². The number of nitrogens with zero attached hydrogens (tertiary/aromatic N) is 1. The van der Waals surface area contributed by atoms with E-state index in [1.165, 1.54) is 0 Å². The maximum atomic E-state index is 11.8. The SMILES string of the molecule is O=C1NCCC[C@@H]1C(=O)NCCN1C(=O)CCC1=O. The van der Waals surface area contributed by atoms with Gasteiger partial charge in [-0.25, -0.2) is 0 Å². The first-order chi connectivity index (χ1) is 9.09. The minimum Gasteiger partial charge on any atom is -0.355 e. The van der Waals surface area contributed by atoms with Crippen molar-refractivity contribution < 1.29 is 19.2 Å². The summed E-state index contributed by atoms with van der Waals surface area (Å²) in [5, 5.41) is 5.25. The maximum Gasteiger partial charge on any atom is 0.232 e. The van der Waals surface area contributed by atoms with E-state index in [-0.39, 0.29) is 49.6 Å². The van der Waals surface area contributed by atoms with E-state index in [9.17, 15) is 19.2 Å². The van der Waals surface area contributed by atoms with Crippen LogP contribution in [0.15, 0.2) is 0 Å². The number of rotatable bonds is 4. The van der Waals surface area contributed by atoms with Gasteiger partial charge in [0.1, 0.15) is 5.92 Å². The molecule has 0 aromatic rings. The Hall–Kier alpha value is -1.92. The van der Waals surface area contributed by atoms with Crippen molar-refractivity contribution in [1.29, 1.82) is 0 Å². The summed E-state index contributed by atoms with van der Waals surface area (Å²) in [6.45, 7) is 0.983. The van der Waals surface area contributed by atoms with Crippen molar-refractivity contribution in [3.63, 3.8) is 0 Å². The highest BCUT2D eigenvalue weighted by atomic mass is 16.2. The first-order valence-electron chi connectivity index (χ1n) is 6.48. The molecule has 0 bridgehead atoms. The molecule has 0 unspecified atom stereocenters. The summed E-state index contributed by atoms with van der Waals surface area (Å²) in [4.78, 5) is 47.1. The van der Waals surface area contributed by atoms with Crippen molar-refractivity contribution in [3.05, 3.63) is 0 Å². The molecule has 2 aliphatic rings. The van der Waals surface area contributed by atoms with Gasteiger partial charge in [0.2, 0.25) is 23.6 Å². The monoisotopic (exact) mass is 267 g/mol. The standard InChI is InChI=1S/C12H17N3O4/c16-9-3-4-10(17)15(9)7-6-14-12(19)8-2-1-5-13-11(8)18/h8H,1-7H2,(H,13,18)(H,14,19)/t8-/m0/s1. The average molecular weight is 267 g/mol. The Bertz CT molecular complexity index is 405. The number of carbonyl (C=O) groups is 4. The van der Waals surface area contributed by atoms with Gasteiger partial charge in [0.15, 0.2) is 0 Å². The van der Waals surface area contributed by atoms with Crippen molar-refractivity contribution >= 4 is 23.6 Å². The van der Waals surface area contributed by atoms with Crippen molar-refractivity contribution in [1.82, 2.24) is 15.5 Å². The smallest absolute Gasteiger partial charge is 0.232 e. The highest BCUT2D eigenvalue weighted by molar-refractivity contribution is 6.02. The molecular weight excluding hydrogens is 250 g/mol. The third-order valence-corrected chi connectivity index (χ3v) is 3.39. The lowest BCUT2D eigenvalue weighted by atomic mass is 9.98. The van der Waals surface area contributed by atoms with E-state index in [2.05, 4.69) is 10.6 Å². The van der Waals surface area contributed by atoms with Crippen LogP contribution in [0.1, 0.15) is 25.7 Å². The molecule has 1 atom stereocenters. The normalized spacial score (nSPS) is 23.5. The Morgan fingerprint density at radius 1 is 1.26 bits per heavy atom. The Morgan fingerprint density at radius 2 is 1.95 bits per heavy atom. The van der Waals surface area contributed by atoms with E-state index >= 15 is 0 Å². The van der Waals surface area contributed by atoms with E-state index in [4.69, 9.17) is 0 Å². The maximum absolute atomic E-state index is 11.8. The first-order valence-corrected chi connectivity index (χ1v) is 6.48. The number of hydrogen-bond acceptors (Lipinski definition) is 4. The number of likely N-dealkylation sites (tertiary alicyclic amines) is 1. The summed E-state index contributed by atoms with van der Waals surface area (Å²) in [6, 6.07) is 0. The zero-order valence-corrected chi connectivity index (χ0v) is 10.6. The second kappa shape index (κ2) is 5.81. The van der Waals surface area contributed by atoms with Crippen LogP contribution in [0.5, 0.6) is 0 Å². The highest BCUT2D eigenvalue weighted by Crippen LogP contribution is 2.12. The molecule has 4 amide bonds. The number of piperidine rings is 1. The van der Waals surface area contributed by atoms with Gasteiger partial charge < -0.3 is 10.6 Å². The van der Waals surface area contributed by atoms with Gasteiger partial charge in [-0.3, -0.25) is 24.1 Å². The van der Waals surface area contributed by atoms with E-state index in [0.29, 0.717) is 13.0 Å². The highest BCUT2D eigenvalue weighted by Gasteiger charge is 2.30. The average Bonchev–Trinajstić information content (AvgIpc) is 2.70. The summed E-state index contributed by atoms with van der Waals surface area (Å²) in [5.41, 5.74) is 0. The molecule has 19 heavy (non-hydrogen) atoms. The molecule has 0 radical (unpaired) electrons. The summed E-state index contributed by atoms with van der Waals surface area (Å²) >= 11 is 0. The van der Waals surface area contributed by atoms with E-state index in [1.807, 2.05) is 0 Å². The first kappa shape index (κ1) is 13.5. The van der Waals surface area contributed by atoms with Crippen molar-refractivity contribution in [2.45, 2.75) is 25.7 Å². The second-order valence-electron chi connectivity index (χ2n) is 4.72. The molecular formula is C12H17N3O4. The Kier molecular flexibility index (Phi) is 4.13. The van der Waals surface area contributed by atoms with Crippen molar-refractivity contribution in [2.75, 3.05) is 19.6 Å². The molecule has 2 heterocycles. The predicted octanol–water partition coefficient (Wildman–Crippen LogP) is -1.22. The molecule has 7 nitrogen and oxygen atoms in total. The molecule has 0 aromatic carbocycles. The molecule has 0 aliphatic carbocycles. The molecule has 0 spiro atoms. The summed E-state index contributed by atoms with van der Waals surface area (Å²) in [7, 11) is 0. The summed E-state index contributed by atoms with van der Waals surface area (Å²) in [6.07, 6.45) is 1.82. The zero-order valence-electron chi connectivity index (χ0n) is 10.6. The fraction of sp³-hybridized carbons (Fsp3) is 0.667. The Morgan fingerprint density at radius 3 is 2.58 bits per heavy atom. The summed E-state index contributed by atoms with van der Waals surface area (Å²) in [5.74, 6) is -1.64. The fourth-order valence-electron chi connectivity index (χ4n) is 2.31. The van der Waals surface area contributed by atoms with Crippen LogP contribution in [0.25, 0.3) is 0 Å². The Balaban J connectivity index is 1.76. The van der Waals surface area contributed by atoms with Gasteiger partial charge in [-0.1, -0.05) is 0 Å². The van der Waals surface area contributed by atoms with Gasteiger partial charge in [-0.2, -0.15) is 0 Å². The van der Waals surface area contributed by atoms with E-state index in [1.54, 1.807) is 0 Å². The van der Waals surface area contributed by atoms with Gasteiger partial charge in [0.05, 0.1) is 0 Å². The largest absolute Gasteiger partial charge is 0.355 e. The van der Waals surface area contributed by atoms with Crippen molar-refractivity contribution in [2.24, 2.45) is 5.92 Å². The van der Waals surface area contributed by atoms with Crippen LogP contribution >= 0.6 is 0 Å². The topological polar surface area (TPSA) is 95.6 Å². The van der Waals surface area contributed by atoms with Gasteiger partial charge in [0, 0.05) is 32.5 Å². The zero-order chi connectivity index (χ0) is 13.8. The lowest BCUT2D eigenvalue weighted by Crippen LogP contribution is -2.46. The molecule has 0 saturated carbocycles. The van der Waals surface area contributed by atoms with Crippen molar-refractivity contribution in [3.8, 4) is 0 Å².